The topological polar surface area (TPSA) is 55.8 Å². The zero-order valence-electron chi connectivity index (χ0n) is 16.4. The summed E-state index contributed by atoms with van der Waals surface area (Å²) in [5.74, 6) is -2.23. The molecule has 0 spiro atoms. The highest BCUT2D eigenvalue weighted by Crippen LogP contribution is 2.33. The van der Waals surface area contributed by atoms with E-state index in [1.807, 2.05) is 6.92 Å². The average molecular weight is 431 g/mol. The summed E-state index contributed by atoms with van der Waals surface area (Å²) in [6, 6.07) is 13.4. The summed E-state index contributed by atoms with van der Waals surface area (Å²) in [6.07, 6.45) is 0. The second-order valence-corrected chi connectivity index (χ2v) is 7.44. The summed E-state index contributed by atoms with van der Waals surface area (Å²) in [5.41, 5.74) is 1.55. The Balaban J connectivity index is 1.78. The number of nitrogens with zero attached hydrogens (tertiary/aromatic N) is 1. The van der Waals surface area contributed by atoms with E-state index in [0.29, 0.717) is 12.2 Å². The van der Waals surface area contributed by atoms with Gasteiger partial charge in [-0.3, -0.25) is 4.79 Å². The Labute approximate surface area is 176 Å². The van der Waals surface area contributed by atoms with Gasteiger partial charge in [-0.25, -0.2) is 9.18 Å². The number of methoxy groups -OCH3 is 1. The molecule has 1 aromatic heterocycles. The van der Waals surface area contributed by atoms with Gasteiger partial charge >= 0.3 is 5.97 Å². The van der Waals surface area contributed by atoms with Gasteiger partial charge in [0.25, 0.3) is 5.91 Å². The summed E-state index contributed by atoms with van der Waals surface area (Å²) in [4.78, 5) is 25.3. The molecule has 30 heavy (non-hydrogen) atoms. The first kappa shape index (κ1) is 21.6. The maximum absolute atomic E-state index is 14.4. The molecule has 1 amide bonds. The van der Waals surface area contributed by atoms with E-state index in [-0.39, 0.29) is 16.6 Å². The van der Waals surface area contributed by atoms with Crippen LogP contribution in [-0.2, 0) is 9.47 Å². The van der Waals surface area contributed by atoms with Crippen molar-refractivity contribution in [3.05, 3.63) is 76.4 Å². The van der Waals surface area contributed by atoms with Gasteiger partial charge in [-0.2, -0.15) is 0 Å². The van der Waals surface area contributed by atoms with Gasteiger partial charge in [0.1, 0.15) is 18.1 Å². The third-order valence-electron chi connectivity index (χ3n) is 4.31. The molecule has 0 fully saturated rings. The van der Waals surface area contributed by atoms with Crippen molar-refractivity contribution >= 4 is 28.9 Å². The van der Waals surface area contributed by atoms with Gasteiger partial charge in [-0.05, 0) is 54.4 Å². The molecule has 3 rings (SSSR count). The Hall–Kier alpha value is -3.10. The van der Waals surface area contributed by atoms with Crippen LogP contribution in [0.2, 0.25) is 0 Å². The highest BCUT2D eigenvalue weighted by molar-refractivity contribution is 7.17. The molecule has 0 aliphatic carbocycles. The lowest BCUT2D eigenvalue weighted by molar-refractivity contribution is 0.0388. The van der Waals surface area contributed by atoms with Crippen LogP contribution in [-0.4, -0.2) is 32.2 Å². The van der Waals surface area contributed by atoms with Crippen molar-refractivity contribution in [1.29, 1.82) is 0 Å². The van der Waals surface area contributed by atoms with E-state index >= 15 is 0 Å². The van der Waals surface area contributed by atoms with Gasteiger partial charge in [0.15, 0.2) is 0 Å². The van der Waals surface area contributed by atoms with Crippen LogP contribution >= 0.6 is 11.3 Å². The number of thiophene rings is 1. The van der Waals surface area contributed by atoms with Crippen LogP contribution in [0.25, 0.3) is 10.4 Å². The molecular weight excluding hydrogens is 412 g/mol. The number of amides is 1. The van der Waals surface area contributed by atoms with Crippen LogP contribution in [0.3, 0.4) is 0 Å². The van der Waals surface area contributed by atoms with Crippen molar-refractivity contribution in [2.75, 3.05) is 25.4 Å². The van der Waals surface area contributed by atoms with E-state index in [1.54, 1.807) is 24.3 Å². The number of aryl methyl sites for hydroxylation is 1. The van der Waals surface area contributed by atoms with Gasteiger partial charge in [-0.15, -0.1) is 16.5 Å². The molecule has 8 heteroatoms. The third-order valence-corrected chi connectivity index (χ3v) is 5.41. The van der Waals surface area contributed by atoms with Crippen molar-refractivity contribution in [2.45, 2.75) is 6.92 Å². The van der Waals surface area contributed by atoms with Crippen LogP contribution in [0.15, 0.2) is 54.6 Å². The lowest BCUT2D eigenvalue weighted by Gasteiger charge is -2.11. The van der Waals surface area contributed by atoms with Crippen LogP contribution in [0, 0.1) is 12.7 Å². The quantitative estimate of drug-likeness (QED) is 0.293. The minimum atomic E-state index is -0.952. The van der Waals surface area contributed by atoms with Crippen molar-refractivity contribution in [3.8, 4) is 10.4 Å². The molecule has 0 saturated heterocycles. The Morgan fingerprint density at radius 2 is 1.83 bits per heavy atom. The smallest absolute Gasteiger partial charge is 0.338 e. The minimum absolute atomic E-state index is 0.123. The predicted octanol–water partition coefficient (Wildman–Crippen LogP) is 5.20. The second kappa shape index (κ2) is 9.60. The molecule has 156 valence electrons. The van der Waals surface area contributed by atoms with Gasteiger partial charge in [0.05, 0.1) is 17.0 Å². The van der Waals surface area contributed by atoms with E-state index in [2.05, 4.69) is 0 Å². The van der Waals surface area contributed by atoms with Crippen LogP contribution < -0.4 is 5.12 Å². The van der Waals surface area contributed by atoms with E-state index in [1.165, 1.54) is 31.4 Å². The molecule has 5 nitrogen and oxygen atoms in total. The number of carbonyl (C=O) groups is 2. The summed E-state index contributed by atoms with van der Waals surface area (Å²) in [6.45, 7) is 2.30. The van der Waals surface area contributed by atoms with Gasteiger partial charge in [-0.1, -0.05) is 22.7 Å². The number of benzene rings is 2. The first-order valence-electron chi connectivity index (χ1n) is 9.04. The lowest BCUT2D eigenvalue weighted by atomic mass is 10.0. The third kappa shape index (κ3) is 4.72. The molecule has 0 N–H and O–H groups in total. The predicted molar refractivity (Wildman–Crippen MR) is 111 cm³/mol. The highest BCUT2D eigenvalue weighted by Gasteiger charge is 2.22. The summed E-state index contributed by atoms with van der Waals surface area (Å²) in [7, 11) is 1.52. The molecule has 0 aliphatic heterocycles. The van der Waals surface area contributed by atoms with E-state index in [9.17, 15) is 18.5 Å². The Bertz CT molecular complexity index is 1070. The Morgan fingerprint density at radius 3 is 2.53 bits per heavy atom. The fourth-order valence-corrected chi connectivity index (χ4v) is 3.80. The zero-order chi connectivity index (χ0) is 21.7. The molecule has 0 atom stereocenters. The van der Waals surface area contributed by atoms with Gasteiger partial charge in [0.2, 0.25) is 0 Å². The van der Waals surface area contributed by atoms with Crippen LogP contribution in [0.5, 0.6) is 0 Å². The SMILES string of the molecule is COCCOC(=O)c1ccc(-c2ccc(C(=O)N(F)c3ccccc3F)s2)c(C)c1. The number of hydrogen-bond donors (Lipinski definition) is 0. The zero-order valence-corrected chi connectivity index (χ0v) is 17.2. The maximum Gasteiger partial charge on any atom is 0.338 e. The molecule has 3 aromatic rings. The number of rotatable bonds is 7. The fraction of sp³-hybridized carbons (Fsp3) is 0.182. The van der Waals surface area contributed by atoms with E-state index in [4.69, 9.17) is 9.47 Å². The van der Waals surface area contributed by atoms with Crippen LogP contribution in [0.1, 0.15) is 25.6 Å². The van der Waals surface area contributed by atoms with Gasteiger partial charge in [0, 0.05) is 12.0 Å². The van der Waals surface area contributed by atoms with Crippen molar-refractivity contribution in [2.24, 2.45) is 0 Å². The standard InChI is InChI=1S/C22H19F2NO4S/c1-14-13-15(22(27)29-12-11-28-2)7-8-16(14)19-9-10-20(30-19)21(26)25(24)18-6-4-3-5-17(18)23/h3-10,13H,11-12H2,1-2H3. The molecular formula is C22H19F2NO4S. The Morgan fingerprint density at radius 1 is 1.07 bits per heavy atom. The largest absolute Gasteiger partial charge is 0.460 e. The first-order valence-corrected chi connectivity index (χ1v) is 9.85. The molecule has 0 bridgehead atoms. The molecule has 0 saturated carbocycles. The summed E-state index contributed by atoms with van der Waals surface area (Å²) in [5, 5.41) is -0.197. The van der Waals surface area contributed by atoms with E-state index in [0.717, 1.165) is 33.4 Å². The minimum Gasteiger partial charge on any atom is -0.460 e. The van der Waals surface area contributed by atoms with Crippen molar-refractivity contribution in [1.82, 2.24) is 0 Å². The molecule has 2 aromatic carbocycles. The number of halogens is 2. The number of anilines is 1. The summed E-state index contributed by atoms with van der Waals surface area (Å²) < 4.78 is 38.1. The fourth-order valence-electron chi connectivity index (χ4n) is 2.78. The first-order chi connectivity index (χ1) is 14.4. The van der Waals surface area contributed by atoms with Crippen molar-refractivity contribution in [3.63, 3.8) is 0 Å². The number of carbonyl (C=O) groups excluding carboxylic acids is 2. The van der Waals surface area contributed by atoms with Crippen molar-refractivity contribution < 1.29 is 27.9 Å². The monoisotopic (exact) mass is 431 g/mol. The molecule has 0 aliphatic rings. The normalized spacial score (nSPS) is 10.7. The average Bonchev–Trinajstić information content (AvgIpc) is 3.23. The molecule has 0 radical (unpaired) electrons. The highest BCUT2D eigenvalue weighted by atomic mass is 32.1. The second-order valence-electron chi connectivity index (χ2n) is 6.36. The maximum atomic E-state index is 14.4. The lowest BCUT2D eigenvalue weighted by Crippen LogP contribution is -2.21. The van der Waals surface area contributed by atoms with Crippen LogP contribution in [0.4, 0.5) is 14.6 Å². The molecule has 1 heterocycles. The number of esters is 1. The number of para-hydroxylation sites is 1. The number of hydrogen-bond acceptors (Lipinski definition) is 5. The van der Waals surface area contributed by atoms with Gasteiger partial charge < -0.3 is 9.47 Å². The van der Waals surface area contributed by atoms with E-state index < -0.39 is 23.4 Å². The number of ether oxygens (including phenoxy) is 2. The Kier molecular flexibility index (Phi) is 6.91. The summed E-state index contributed by atoms with van der Waals surface area (Å²) >= 11 is 1.08. The molecule has 0 unspecified atom stereocenters.